The molecule has 144 valence electrons. The van der Waals surface area contributed by atoms with Gasteiger partial charge in [-0.15, -0.1) is 0 Å². The molecule has 0 radical (unpaired) electrons. The molecule has 0 aliphatic carbocycles. The quantitative estimate of drug-likeness (QED) is 0.350. The van der Waals surface area contributed by atoms with E-state index in [1.54, 1.807) is 7.11 Å². The van der Waals surface area contributed by atoms with Crippen molar-refractivity contribution in [2.45, 2.75) is 32.6 Å². The van der Waals surface area contributed by atoms with Crippen molar-refractivity contribution < 1.29 is 14.3 Å². The van der Waals surface area contributed by atoms with Gasteiger partial charge in [-0.2, -0.15) is 0 Å². The molecule has 1 aromatic rings. The minimum Gasteiger partial charge on any atom is -0.497 e. The summed E-state index contributed by atoms with van der Waals surface area (Å²) < 4.78 is 10.4. The third-order valence-electron chi connectivity index (χ3n) is 4.69. The first-order chi connectivity index (χ1) is 12.7. The number of esters is 1. The Hall–Kier alpha value is -2.24. The molecule has 6 nitrogen and oxygen atoms in total. The average molecular weight is 361 g/mol. The Labute approximate surface area is 156 Å². The summed E-state index contributed by atoms with van der Waals surface area (Å²) in [5.41, 5.74) is 1.27. The highest BCUT2D eigenvalue weighted by Crippen LogP contribution is 2.19. The smallest absolute Gasteiger partial charge is 0.309 e. The Morgan fingerprint density at radius 2 is 2.12 bits per heavy atom. The molecule has 2 rings (SSSR count). The zero-order chi connectivity index (χ0) is 18.8. The van der Waals surface area contributed by atoms with E-state index in [-0.39, 0.29) is 11.9 Å². The van der Waals surface area contributed by atoms with Crippen molar-refractivity contribution >= 4 is 11.9 Å². The number of benzene rings is 1. The van der Waals surface area contributed by atoms with Gasteiger partial charge < -0.3 is 19.7 Å². The maximum absolute atomic E-state index is 11.8. The van der Waals surface area contributed by atoms with Gasteiger partial charge in [0.2, 0.25) is 0 Å². The van der Waals surface area contributed by atoms with Crippen LogP contribution in [0.25, 0.3) is 0 Å². The van der Waals surface area contributed by atoms with E-state index in [0.29, 0.717) is 6.61 Å². The first-order valence-corrected chi connectivity index (χ1v) is 9.43. The molecule has 0 aromatic heterocycles. The van der Waals surface area contributed by atoms with Crippen LogP contribution in [0.1, 0.15) is 31.7 Å². The van der Waals surface area contributed by atoms with Crippen molar-refractivity contribution in [1.29, 1.82) is 0 Å². The second kappa shape index (κ2) is 10.7. The van der Waals surface area contributed by atoms with Crippen LogP contribution in [0.15, 0.2) is 29.3 Å². The van der Waals surface area contributed by atoms with E-state index in [1.807, 2.05) is 26.1 Å². The largest absolute Gasteiger partial charge is 0.497 e. The number of carbonyl (C=O) groups excluding carboxylic acids is 1. The lowest BCUT2D eigenvalue weighted by atomic mass is 9.97. The molecule has 26 heavy (non-hydrogen) atoms. The molecule has 0 bridgehead atoms. The molecular weight excluding hydrogens is 330 g/mol. The van der Waals surface area contributed by atoms with E-state index in [1.165, 1.54) is 5.56 Å². The number of rotatable bonds is 7. The topological polar surface area (TPSA) is 63.2 Å². The van der Waals surface area contributed by atoms with Crippen LogP contribution in [0.5, 0.6) is 5.75 Å². The summed E-state index contributed by atoms with van der Waals surface area (Å²) in [4.78, 5) is 18.4. The lowest BCUT2D eigenvalue weighted by Crippen LogP contribution is -2.47. The fraction of sp³-hybridized carbons (Fsp3) is 0.600. The number of nitrogens with one attached hydrogen (secondary N) is 1. The van der Waals surface area contributed by atoms with Gasteiger partial charge in [0.1, 0.15) is 5.75 Å². The molecule has 0 unspecified atom stereocenters. The van der Waals surface area contributed by atoms with Gasteiger partial charge in [0, 0.05) is 26.7 Å². The molecule has 1 aromatic carbocycles. The third kappa shape index (κ3) is 5.93. The van der Waals surface area contributed by atoms with Crippen LogP contribution in [0, 0.1) is 5.92 Å². The maximum atomic E-state index is 11.8. The second-order valence-corrected chi connectivity index (χ2v) is 6.44. The van der Waals surface area contributed by atoms with E-state index in [4.69, 9.17) is 9.47 Å². The van der Waals surface area contributed by atoms with Gasteiger partial charge in [0.05, 0.1) is 19.6 Å². The van der Waals surface area contributed by atoms with Crippen LogP contribution < -0.4 is 10.1 Å². The molecular formula is C20H31N3O3. The minimum atomic E-state index is -0.0617. The first-order valence-electron chi connectivity index (χ1n) is 9.43. The summed E-state index contributed by atoms with van der Waals surface area (Å²) in [5.74, 6) is 1.78. The standard InChI is InChI=1S/C20H31N3O3/c1-4-26-19(24)17-10-13-23(14-11-17)20(21-2)22-12-6-8-16-7-5-9-18(15-16)25-3/h5,7,9,15,17H,4,6,8,10-14H2,1-3H3,(H,21,22). The minimum absolute atomic E-state index is 0.0253. The highest BCUT2D eigenvalue weighted by molar-refractivity contribution is 5.80. The van der Waals surface area contributed by atoms with Crippen molar-refractivity contribution in [1.82, 2.24) is 10.2 Å². The zero-order valence-electron chi connectivity index (χ0n) is 16.2. The summed E-state index contributed by atoms with van der Waals surface area (Å²) in [6.07, 6.45) is 3.66. The number of likely N-dealkylation sites (tertiary alicyclic amines) is 1. The number of hydrogen-bond acceptors (Lipinski definition) is 4. The molecule has 6 heteroatoms. The van der Waals surface area contributed by atoms with E-state index in [2.05, 4.69) is 27.3 Å². The van der Waals surface area contributed by atoms with Crippen LogP contribution in [-0.2, 0) is 16.0 Å². The molecule has 0 amide bonds. The fourth-order valence-corrected chi connectivity index (χ4v) is 3.24. The van der Waals surface area contributed by atoms with Gasteiger partial charge in [-0.25, -0.2) is 0 Å². The molecule has 0 saturated carbocycles. The predicted octanol–water partition coefficient (Wildman–Crippen LogP) is 2.48. The van der Waals surface area contributed by atoms with Crippen LogP contribution in [0.4, 0.5) is 0 Å². The second-order valence-electron chi connectivity index (χ2n) is 6.44. The Morgan fingerprint density at radius 3 is 2.77 bits per heavy atom. The molecule has 0 spiro atoms. The van der Waals surface area contributed by atoms with Gasteiger partial charge >= 0.3 is 5.97 Å². The molecule has 1 aliphatic rings. The number of aliphatic imine (C=N–C) groups is 1. The molecule has 0 atom stereocenters. The van der Waals surface area contributed by atoms with Gasteiger partial charge in [-0.05, 0) is 50.3 Å². The number of carbonyl (C=O) groups is 1. The number of nitrogens with zero attached hydrogens (tertiary/aromatic N) is 2. The molecule has 1 fully saturated rings. The van der Waals surface area contributed by atoms with Crippen molar-refractivity contribution in [2.75, 3.05) is 40.4 Å². The van der Waals surface area contributed by atoms with Gasteiger partial charge in [-0.1, -0.05) is 12.1 Å². The highest BCUT2D eigenvalue weighted by atomic mass is 16.5. The summed E-state index contributed by atoms with van der Waals surface area (Å²) >= 11 is 0. The Bertz CT molecular complexity index is 596. The maximum Gasteiger partial charge on any atom is 0.309 e. The van der Waals surface area contributed by atoms with E-state index >= 15 is 0 Å². The molecule has 1 heterocycles. The third-order valence-corrected chi connectivity index (χ3v) is 4.69. The normalized spacial score (nSPS) is 15.7. The van der Waals surface area contributed by atoms with E-state index < -0.39 is 0 Å². The van der Waals surface area contributed by atoms with Crippen molar-refractivity contribution in [3.05, 3.63) is 29.8 Å². The average Bonchev–Trinajstić information content (AvgIpc) is 2.68. The predicted molar refractivity (Wildman–Crippen MR) is 104 cm³/mol. The molecule has 1 N–H and O–H groups in total. The summed E-state index contributed by atoms with van der Waals surface area (Å²) in [6, 6.07) is 8.18. The Balaban J connectivity index is 1.72. The Kier molecular flexibility index (Phi) is 8.25. The monoisotopic (exact) mass is 361 g/mol. The lowest BCUT2D eigenvalue weighted by molar-refractivity contribution is -0.149. The highest BCUT2D eigenvalue weighted by Gasteiger charge is 2.27. The Morgan fingerprint density at radius 1 is 1.35 bits per heavy atom. The summed E-state index contributed by atoms with van der Waals surface area (Å²) in [6.45, 7) is 4.83. The van der Waals surface area contributed by atoms with Crippen LogP contribution in [-0.4, -0.2) is 57.2 Å². The van der Waals surface area contributed by atoms with Gasteiger partial charge in [0.15, 0.2) is 5.96 Å². The van der Waals surface area contributed by atoms with Crippen LogP contribution in [0.3, 0.4) is 0 Å². The number of piperidine rings is 1. The number of methoxy groups -OCH3 is 1. The summed E-state index contributed by atoms with van der Waals surface area (Å²) in [5, 5.41) is 3.44. The molecule has 1 saturated heterocycles. The van der Waals surface area contributed by atoms with E-state index in [9.17, 15) is 4.79 Å². The van der Waals surface area contributed by atoms with Crippen LogP contribution >= 0.6 is 0 Å². The van der Waals surface area contributed by atoms with Gasteiger partial charge in [0.25, 0.3) is 0 Å². The number of ether oxygens (including phenoxy) is 2. The molecule has 1 aliphatic heterocycles. The fourth-order valence-electron chi connectivity index (χ4n) is 3.24. The van der Waals surface area contributed by atoms with E-state index in [0.717, 1.165) is 57.0 Å². The van der Waals surface area contributed by atoms with Crippen LogP contribution in [0.2, 0.25) is 0 Å². The first kappa shape index (κ1) is 20.1. The number of hydrogen-bond donors (Lipinski definition) is 1. The van der Waals surface area contributed by atoms with Crippen molar-refractivity contribution in [2.24, 2.45) is 10.9 Å². The summed E-state index contributed by atoms with van der Waals surface area (Å²) in [7, 11) is 3.50. The number of guanidine groups is 1. The van der Waals surface area contributed by atoms with Crippen molar-refractivity contribution in [3.8, 4) is 5.75 Å². The number of aryl methyl sites for hydroxylation is 1. The van der Waals surface area contributed by atoms with Gasteiger partial charge in [-0.3, -0.25) is 9.79 Å². The SMILES string of the molecule is CCOC(=O)C1CCN(C(=NC)NCCCc2cccc(OC)c2)CC1. The van der Waals surface area contributed by atoms with Crippen molar-refractivity contribution in [3.63, 3.8) is 0 Å². The lowest BCUT2D eigenvalue weighted by Gasteiger charge is -2.33. The zero-order valence-corrected chi connectivity index (χ0v) is 16.2.